The summed E-state index contributed by atoms with van der Waals surface area (Å²) in [6, 6.07) is 12.1. The molecule has 3 aromatic rings. The van der Waals surface area contributed by atoms with Crippen molar-refractivity contribution in [2.75, 3.05) is 0 Å². The molecule has 2 heterocycles. The van der Waals surface area contributed by atoms with Crippen molar-refractivity contribution in [2.24, 2.45) is 0 Å². The highest BCUT2D eigenvalue weighted by Gasteiger charge is 2.09. The molecule has 2 aromatic heterocycles. The van der Waals surface area contributed by atoms with Gasteiger partial charge < -0.3 is 0 Å². The van der Waals surface area contributed by atoms with Crippen molar-refractivity contribution >= 4 is 22.5 Å². The molecule has 1 aromatic carbocycles. The minimum atomic E-state index is 0.473. The number of aromatic nitrogens is 2. The molecule has 0 N–H and O–H groups in total. The van der Waals surface area contributed by atoms with E-state index in [-0.39, 0.29) is 0 Å². The number of fused-ring (bicyclic) bond motifs is 1. The lowest BCUT2D eigenvalue weighted by molar-refractivity contribution is 1.30. The first kappa shape index (κ1) is 12.1. The van der Waals surface area contributed by atoms with E-state index in [1.54, 1.807) is 12.3 Å². The number of hydrogen-bond donors (Lipinski definition) is 0. The summed E-state index contributed by atoms with van der Waals surface area (Å²) in [6.45, 7) is 4.17. The summed E-state index contributed by atoms with van der Waals surface area (Å²) in [6.07, 6.45) is 1.77. The van der Waals surface area contributed by atoms with E-state index < -0.39 is 0 Å². The second kappa shape index (κ2) is 4.63. The molecule has 3 rings (SSSR count). The van der Waals surface area contributed by atoms with Crippen molar-refractivity contribution in [3.63, 3.8) is 0 Å². The van der Waals surface area contributed by atoms with E-state index in [1.165, 1.54) is 11.1 Å². The van der Waals surface area contributed by atoms with Crippen LogP contribution in [0.25, 0.3) is 22.2 Å². The maximum Gasteiger partial charge on any atom is 0.131 e. The van der Waals surface area contributed by atoms with Crippen molar-refractivity contribution in [3.05, 3.63) is 58.9 Å². The van der Waals surface area contributed by atoms with Crippen LogP contribution in [0.5, 0.6) is 0 Å². The predicted molar refractivity (Wildman–Crippen MR) is 79.5 cm³/mol. The second-order valence-electron chi connectivity index (χ2n) is 4.74. The zero-order chi connectivity index (χ0) is 13.4. The van der Waals surface area contributed by atoms with E-state index in [0.29, 0.717) is 5.15 Å². The van der Waals surface area contributed by atoms with Gasteiger partial charge in [0.15, 0.2) is 0 Å². The Balaban J connectivity index is 2.35. The van der Waals surface area contributed by atoms with Crippen molar-refractivity contribution in [3.8, 4) is 11.3 Å². The first-order valence-corrected chi connectivity index (χ1v) is 6.51. The minimum absolute atomic E-state index is 0.473. The van der Waals surface area contributed by atoms with E-state index in [0.717, 1.165) is 22.2 Å². The molecule has 0 saturated carbocycles. The summed E-state index contributed by atoms with van der Waals surface area (Å²) >= 11 is 6.10. The van der Waals surface area contributed by atoms with E-state index in [1.807, 2.05) is 12.1 Å². The number of pyridine rings is 2. The zero-order valence-electron chi connectivity index (χ0n) is 10.8. The number of hydrogen-bond acceptors (Lipinski definition) is 2. The Morgan fingerprint density at radius 1 is 1.00 bits per heavy atom. The topological polar surface area (TPSA) is 25.8 Å². The van der Waals surface area contributed by atoms with Crippen LogP contribution in [0.1, 0.15) is 11.1 Å². The van der Waals surface area contributed by atoms with Crippen LogP contribution >= 0.6 is 11.6 Å². The summed E-state index contributed by atoms with van der Waals surface area (Å²) < 4.78 is 0. The zero-order valence-corrected chi connectivity index (χ0v) is 11.6. The molecule has 0 aliphatic carbocycles. The van der Waals surface area contributed by atoms with Crippen molar-refractivity contribution in [2.45, 2.75) is 13.8 Å². The molecule has 0 aliphatic heterocycles. The van der Waals surface area contributed by atoms with Gasteiger partial charge in [0.1, 0.15) is 5.15 Å². The van der Waals surface area contributed by atoms with Crippen molar-refractivity contribution < 1.29 is 0 Å². The normalized spacial score (nSPS) is 10.9. The van der Waals surface area contributed by atoms with Gasteiger partial charge in [0.25, 0.3) is 0 Å². The molecule has 0 saturated heterocycles. The third-order valence-corrected chi connectivity index (χ3v) is 3.26. The van der Waals surface area contributed by atoms with E-state index in [2.05, 4.69) is 42.0 Å². The molecule has 0 bridgehead atoms. The predicted octanol–water partition coefficient (Wildman–Crippen LogP) is 4.57. The lowest BCUT2D eigenvalue weighted by Crippen LogP contribution is -1.90. The molecule has 2 nitrogen and oxygen atoms in total. The molecule has 19 heavy (non-hydrogen) atoms. The van der Waals surface area contributed by atoms with E-state index in [4.69, 9.17) is 11.6 Å². The fourth-order valence-electron chi connectivity index (χ4n) is 2.38. The van der Waals surface area contributed by atoms with Gasteiger partial charge in [-0.25, -0.2) is 4.98 Å². The molecular weight excluding hydrogens is 256 g/mol. The Bertz CT molecular complexity index is 746. The van der Waals surface area contributed by atoms with Gasteiger partial charge in [-0.1, -0.05) is 28.8 Å². The Labute approximate surface area is 117 Å². The Morgan fingerprint density at radius 2 is 1.74 bits per heavy atom. The molecule has 0 amide bonds. The summed E-state index contributed by atoms with van der Waals surface area (Å²) in [7, 11) is 0. The fourth-order valence-corrected chi connectivity index (χ4v) is 2.56. The Hall–Kier alpha value is -1.93. The highest BCUT2D eigenvalue weighted by molar-refractivity contribution is 6.30. The molecule has 0 radical (unpaired) electrons. The number of benzene rings is 1. The first-order valence-electron chi connectivity index (χ1n) is 6.13. The van der Waals surface area contributed by atoms with E-state index in [9.17, 15) is 0 Å². The third-order valence-electron chi connectivity index (χ3n) is 3.06. The highest BCUT2D eigenvalue weighted by atomic mass is 35.5. The third kappa shape index (κ3) is 2.32. The SMILES string of the molecule is Cc1cc(C)cc(-c2nc(Cl)cc3ncccc23)c1. The lowest BCUT2D eigenvalue weighted by Gasteiger charge is -2.08. The molecule has 0 atom stereocenters. The summed E-state index contributed by atoms with van der Waals surface area (Å²) in [4.78, 5) is 8.83. The molecular formula is C16H13ClN2. The van der Waals surface area contributed by atoms with Crippen LogP contribution in [0, 0.1) is 13.8 Å². The second-order valence-corrected chi connectivity index (χ2v) is 5.13. The van der Waals surface area contributed by atoms with Crippen molar-refractivity contribution in [1.29, 1.82) is 0 Å². The molecule has 0 fully saturated rings. The van der Waals surface area contributed by atoms with Crippen molar-refractivity contribution in [1.82, 2.24) is 9.97 Å². The fraction of sp³-hybridized carbons (Fsp3) is 0.125. The molecule has 0 unspecified atom stereocenters. The largest absolute Gasteiger partial charge is 0.256 e. The molecule has 0 spiro atoms. The van der Waals surface area contributed by atoms with Crippen LogP contribution in [0.3, 0.4) is 0 Å². The van der Waals surface area contributed by atoms with Crippen LogP contribution in [0.15, 0.2) is 42.6 Å². The Morgan fingerprint density at radius 3 is 2.47 bits per heavy atom. The van der Waals surface area contributed by atoms with Gasteiger partial charge in [-0.2, -0.15) is 0 Å². The maximum absolute atomic E-state index is 6.10. The maximum atomic E-state index is 6.10. The number of aryl methyl sites for hydroxylation is 2. The summed E-state index contributed by atoms with van der Waals surface area (Å²) in [5.41, 5.74) is 5.28. The molecule has 94 valence electrons. The van der Waals surface area contributed by atoms with Gasteiger partial charge in [0, 0.05) is 23.2 Å². The summed E-state index contributed by atoms with van der Waals surface area (Å²) in [5.74, 6) is 0. The van der Waals surface area contributed by atoms with Gasteiger partial charge in [0.05, 0.1) is 11.2 Å². The van der Waals surface area contributed by atoms with Gasteiger partial charge in [-0.3, -0.25) is 4.98 Å². The average molecular weight is 269 g/mol. The molecule has 3 heteroatoms. The van der Waals surface area contributed by atoms with E-state index >= 15 is 0 Å². The van der Waals surface area contributed by atoms with Gasteiger partial charge in [0.2, 0.25) is 0 Å². The van der Waals surface area contributed by atoms with Crippen LogP contribution < -0.4 is 0 Å². The van der Waals surface area contributed by atoms with Gasteiger partial charge >= 0.3 is 0 Å². The van der Waals surface area contributed by atoms with Gasteiger partial charge in [-0.05, 0) is 38.1 Å². The quantitative estimate of drug-likeness (QED) is 0.604. The summed E-state index contributed by atoms with van der Waals surface area (Å²) in [5, 5.41) is 1.50. The highest BCUT2D eigenvalue weighted by Crippen LogP contribution is 2.29. The lowest BCUT2D eigenvalue weighted by atomic mass is 10.0. The number of rotatable bonds is 1. The number of nitrogens with zero attached hydrogens (tertiary/aromatic N) is 2. The minimum Gasteiger partial charge on any atom is -0.256 e. The average Bonchev–Trinajstić information content (AvgIpc) is 2.36. The van der Waals surface area contributed by atoms with Crippen LogP contribution in [-0.2, 0) is 0 Å². The van der Waals surface area contributed by atoms with Gasteiger partial charge in [-0.15, -0.1) is 0 Å². The van der Waals surface area contributed by atoms with Crippen LogP contribution in [0.4, 0.5) is 0 Å². The first-order chi connectivity index (χ1) is 9.13. The smallest absolute Gasteiger partial charge is 0.131 e. The Kier molecular flexibility index (Phi) is 2.96. The molecule has 0 aliphatic rings. The van der Waals surface area contributed by atoms with Crippen LogP contribution in [-0.4, -0.2) is 9.97 Å². The number of halogens is 1. The monoisotopic (exact) mass is 268 g/mol. The standard InChI is InChI=1S/C16H13ClN2/c1-10-6-11(2)8-12(7-10)16-13-4-3-5-18-14(13)9-15(17)19-16/h3-9H,1-2H3. The van der Waals surface area contributed by atoms with Crippen LogP contribution in [0.2, 0.25) is 5.15 Å².